The molecule has 1 amide bonds. The van der Waals surface area contributed by atoms with Gasteiger partial charge in [0.15, 0.2) is 0 Å². The van der Waals surface area contributed by atoms with Gasteiger partial charge in [-0.25, -0.2) is 9.18 Å². The number of halogens is 1. The van der Waals surface area contributed by atoms with E-state index in [1.807, 2.05) is 30.3 Å². The van der Waals surface area contributed by atoms with Gasteiger partial charge in [0, 0.05) is 4.90 Å². The minimum atomic E-state index is -0.606. The Bertz CT molecular complexity index is 575. The Morgan fingerprint density at radius 3 is 2.63 bits per heavy atom. The summed E-state index contributed by atoms with van der Waals surface area (Å²) >= 11 is 4.07. The predicted molar refractivity (Wildman–Crippen MR) is 73.9 cm³/mol. The molecule has 2 aromatic rings. The van der Waals surface area contributed by atoms with E-state index >= 15 is 0 Å². The lowest BCUT2D eigenvalue weighted by molar-refractivity contribution is 0.155. The predicted octanol–water partition coefficient (Wildman–Crippen LogP) is 3.86. The van der Waals surface area contributed by atoms with Crippen LogP contribution < -0.4 is 5.32 Å². The van der Waals surface area contributed by atoms with Gasteiger partial charge in [-0.2, -0.15) is 0 Å². The quantitative estimate of drug-likeness (QED) is 0.836. The molecule has 0 aliphatic heterocycles. The molecule has 0 aromatic heterocycles. The van der Waals surface area contributed by atoms with Gasteiger partial charge in [0.2, 0.25) is 0 Å². The Labute approximate surface area is 115 Å². The van der Waals surface area contributed by atoms with Gasteiger partial charge in [-0.05, 0) is 23.8 Å². The molecule has 0 bridgehead atoms. The van der Waals surface area contributed by atoms with E-state index in [0.717, 1.165) is 5.56 Å². The highest BCUT2D eigenvalue weighted by Gasteiger charge is 2.07. The van der Waals surface area contributed by atoms with Crippen LogP contribution in [0.15, 0.2) is 53.4 Å². The van der Waals surface area contributed by atoms with Crippen LogP contribution in [0.3, 0.4) is 0 Å². The lowest BCUT2D eigenvalue weighted by atomic mass is 10.2. The molecule has 5 heteroatoms. The second-order valence-electron chi connectivity index (χ2n) is 3.85. The molecule has 0 heterocycles. The highest BCUT2D eigenvalue weighted by molar-refractivity contribution is 7.80. The summed E-state index contributed by atoms with van der Waals surface area (Å²) in [4.78, 5) is 11.9. The van der Waals surface area contributed by atoms with Crippen molar-refractivity contribution < 1.29 is 13.9 Å². The van der Waals surface area contributed by atoms with Crippen LogP contribution in [-0.2, 0) is 11.3 Å². The average molecular weight is 277 g/mol. The van der Waals surface area contributed by atoms with Crippen molar-refractivity contribution in [1.29, 1.82) is 0 Å². The lowest BCUT2D eigenvalue weighted by Gasteiger charge is -2.08. The fourth-order valence-electron chi connectivity index (χ4n) is 1.48. The van der Waals surface area contributed by atoms with Gasteiger partial charge >= 0.3 is 6.09 Å². The van der Waals surface area contributed by atoms with Crippen molar-refractivity contribution in [3.8, 4) is 0 Å². The molecule has 0 saturated heterocycles. The third kappa shape index (κ3) is 3.99. The van der Waals surface area contributed by atoms with Crippen molar-refractivity contribution >= 4 is 24.4 Å². The van der Waals surface area contributed by atoms with Crippen molar-refractivity contribution in [2.24, 2.45) is 0 Å². The van der Waals surface area contributed by atoms with Crippen molar-refractivity contribution in [2.45, 2.75) is 11.5 Å². The summed E-state index contributed by atoms with van der Waals surface area (Å²) < 4.78 is 17.9. The first-order chi connectivity index (χ1) is 9.15. The minimum absolute atomic E-state index is 0.176. The Kier molecular flexibility index (Phi) is 4.41. The summed E-state index contributed by atoms with van der Waals surface area (Å²) in [6, 6.07) is 13.2. The Morgan fingerprint density at radius 1 is 1.21 bits per heavy atom. The maximum absolute atomic E-state index is 12.9. The molecule has 1 N–H and O–H groups in total. The lowest BCUT2D eigenvalue weighted by Crippen LogP contribution is -2.13. The number of anilines is 1. The van der Waals surface area contributed by atoms with E-state index in [2.05, 4.69) is 17.9 Å². The maximum atomic E-state index is 12.9. The number of thiol groups is 1. The third-order valence-electron chi connectivity index (χ3n) is 2.41. The molecule has 2 rings (SSSR count). The molecule has 2 aromatic carbocycles. The molecule has 3 nitrogen and oxygen atoms in total. The van der Waals surface area contributed by atoms with Crippen LogP contribution in [0.25, 0.3) is 0 Å². The van der Waals surface area contributed by atoms with Gasteiger partial charge in [0.25, 0.3) is 0 Å². The van der Waals surface area contributed by atoms with Crippen LogP contribution in [0.2, 0.25) is 0 Å². The molecule has 0 aliphatic rings. The van der Waals surface area contributed by atoms with Gasteiger partial charge in [0.1, 0.15) is 12.4 Å². The van der Waals surface area contributed by atoms with E-state index in [0.29, 0.717) is 10.6 Å². The van der Waals surface area contributed by atoms with Gasteiger partial charge in [-0.15, -0.1) is 12.6 Å². The molecular formula is C14H12FNO2S. The summed E-state index contributed by atoms with van der Waals surface area (Å²) in [7, 11) is 0. The van der Waals surface area contributed by atoms with Gasteiger partial charge in [0.05, 0.1) is 5.69 Å². The van der Waals surface area contributed by atoms with Crippen LogP contribution >= 0.6 is 12.6 Å². The zero-order valence-corrected chi connectivity index (χ0v) is 10.9. The second-order valence-corrected chi connectivity index (χ2v) is 4.33. The molecule has 0 fully saturated rings. The number of carbonyl (C=O) groups excluding carboxylic acids is 1. The molecule has 0 aliphatic carbocycles. The number of benzene rings is 2. The van der Waals surface area contributed by atoms with Crippen LogP contribution in [0.4, 0.5) is 14.9 Å². The van der Waals surface area contributed by atoms with Gasteiger partial charge in [-0.1, -0.05) is 30.3 Å². The first-order valence-corrected chi connectivity index (χ1v) is 6.06. The highest BCUT2D eigenvalue weighted by atomic mass is 32.1. The van der Waals surface area contributed by atoms with Crippen LogP contribution in [0, 0.1) is 5.82 Å². The smallest absolute Gasteiger partial charge is 0.411 e. The molecule has 98 valence electrons. The minimum Gasteiger partial charge on any atom is -0.444 e. The average Bonchev–Trinajstić information content (AvgIpc) is 2.41. The normalized spacial score (nSPS) is 10.0. The summed E-state index contributed by atoms with van der Waals surface area (Å²) in [6.07, 6.45) is -0.606. The zero-order valence-electron chi connectivity index (χ0n) is 9.97. The Balaban J connectivity index is 1.91. The fraction of sp³-hybridized carbons (Fsp3) is 0.0714. The van der Waals surface area contributed by atoms with Crippen molar-refractivity contribution in [3.05, 3.63) is 59.9 Å². The van der Waals surface area contributed by atoms with Crippen LogP contribution in [0.5, 0.6) is 0 Å². The highest BCUT2D eigenvalue weighted by Crippen LogP contribution is 2.20. The van der Waals surface area contributed by atoms with Crippen LogP contribution in [-0.4, -0.2) is 6.09 Å². The van der Waals surface area contributed by atoms with E-state index in [1.165, 1.54) is 18.2 Å². The number of hydrogen-bond acceptors (Lipinski definition) is 3. The number of carbonyl (C=O) groups is 1. The van der Waals surface area contributed by atoms with Crippen LogP contribution in [0.1, 0.15) is 5.56 Å². The Morgan fingerprint density at radius 2 is 1.95 bits per heavy atom. The molecule has 0 atom stereocenters. The van der Waals surface area contributed by atoms with E-state index in [4.69, 9.17) is 4.74 Å². The van der Waals surface area contributed by atoms with Crippen molar-refractivity contribution in [2.75, 3.05) is 5.32 Å². The number of ether oxygens (including phenoxy) is 1. The standard InChI is InChI=1S/C14H12FNO2S/c15-11-6-7-12(13(19)8-11)16-14(17)18-9-10-4-2-1-3-5-10/h1-8,19H,9H2,(H,16,17). The first kappa shape index (κ1) is 13.4. The topological polar surface area (TPSA) is 38.3 Å². The van der Waals surface area contributed by atoms with Gasteiger partial charge in [-0.3, -0.25) is 5.32 Å². The summed E-state index contributed by atoms with van der Waals surface area (Å²) in [6.45, 7) is 0.176. The summed E-state index contributed by atoms with van der Waals surface area (Å²) in [5, 5.41) is 2.50. The van der Waals surface area contributed by atoms with Crippen molar-refractivity contribution in [3.63, 3.8) is 0 Å². The molecule has 0 spiro atoms. The second kappa shape index (κ2) is 6.24. The monoisotopic (exact) mass is 277 g/mol. The molecule has 0 unspecified atom stereocenters. The molecule has 19 heavy (non-hydrogen) atoms. The fourth-order valence-corrected chi connectivity index (χ4v) is 1.73. The zero-order chi connectivity index (χ0) is 13.7. The van der Waals surface area contributed by atoms with E-state index in [9.17, 15) is 9.18 Å². The number of nitrogens with one attached hydrogen (secondary N) is 1. The Hall–Kier alpha value is -2.01. The summed E-state index contributed by atoms with van der Waals surface area (Å²) in [5.74, 6) is -0.409. The summed E-state index contributed by atoms with van der Waals surface area (Å²) in [5.41, 5.74) is 1.30. The third-order valence-corrected chi connectivity index (χ3v) is 2.78. The largest absolute Gasteiger partial charge is 0.444 e. The number of rotatable bonds is 3. The maximum Gasteiger partial charge on any atom is 0.411 e. The van der Waals surface area contributed by atoms with E-state index < -0.39 is 11.9 Å². The van der Waals surface area contributed by atoms with E-state index in [1.54, 1.807) is 0 Å². The van der Waals surface area contributed by atoms with E-state index in [-0.39, 0.29) is 6.61 Å². The first-order valence-electron chi connectivity index (χ1n) is 5.61. The number of hydrogen-bond donors (Lipinski definition) is 2. The molecular weight excluding hydrogens is 265 g/mol. The van der Waals surface area contributed by atoms with Crippen molar-refractivity contribution in [1.82, 2.24) is 0 Å². The molecule has 0 saturated carbocycles. The number of amides is 1. The SMILES string of the molecule is O=C(Nc1ccc(F)cc1S)OCc1ccccc1. The molecule has 0 radical (unpaired) electrons. The van der Waals surface area contributed by atoms with Gasteiger partial charge < -0.3 is 4.74 Å².